The average Bonchev–Trinajstić information content (AvgIpc) is 0.862. The van der Waals surface area contributed by atoms with Crippen molar-refractivity contribution in [1.82, 2.24) is 0 Å². The normalized spacial score (nSPS) is 15.4. The molecule has 4 aliphatic rings. The van der Waals surface area contributed by atoms with Crippen molar-refractivity contribution in [3.8, 4) is 122 Å². The molecule has 20 aromatic rings. The highest BCUT2D eigenvalue weighted by atomic mass is 79.9. The topological polar surface area (TPSA) is 36.9 Å². The highest BCUT2D eigenvalue weighted by Gasteiger charge is 2.53. The van der Waals surface area contributed by atoms with Crippen LogP contribution in [0.2, 0.25) is 0 Å². The fourth-order valence-electron chi connectivity index (χ4n) is 21.8. The van der Waals surface area contributed by atoms with Crippen molar-refractivity contribution in [1.29, 1.82) is 0 Å². The first-order valence-electron chi connectivity index (χ1n) is 47.9. The van der Waals surface area contributed by atoms with Gasteiger partial charge in [0.1, 0.15) is 0 Å². The third kappa shape index (κ3) is 15.2. The minimum absolute atomic E-state index is 0.123. The van der Waals surface area contributed by atoms with Crippen molar-refractivity contribution in [2.45, 2.75) is 137 Å². The molecule has 2 saturated heterocycles. The Morgan fingerprint density at radius 1 is 0.184 bits per heavy atom. The molecule has 2 aliphatic carbocycles. The number of aryl methyl sites for hydroxylation is 3. The zero-order valence-electron chi connectivity index (χ0n) is 80.1. The van der Waals surface area contributed by atoms with E-state index in [1.54, 1.807) is 0 Å². The first-order chi connectivity index (χ1) is 65.5. The maximum absolute atomic E-state index is 6.27. The van der Waals surface area contributed by atoms with E-state index in [1.165, 1.54) is 230 Å². The van der Waals surface area contributed by atoms with Gasteiger partial charge < -0.3 is 18.6 Å². The van der Waals surface area contributed by atoms with Crippen LogP contribution in [0.15, 0.2) is 393 Å². The van der Waals surface area contributed by atoms with Gasteiger partial charge in [-0.3, -0.25) is 0 Å². The Kier molecular flexibility index (Phi) is 21.8. The van der Waals surface area contributed by atoms with E-state index in [0.717, 1.165) is 10.9 Å². The van der Waals surface area contributed by atoms with Crippen molar-refractivity contribution in [3.05, 3.63) is 432 Å². The Labute approximate surface area is 809 Å². The van der Waals surface area contributed by atoms with Crippen LogP contribution in [0, 0.1) is 20.8 Å². The molecule has 2 fully saturated rings. The van der Waals surface area contributed by atoms with Gasteiger partial charge >= 0.3 is 14.2 Å². The summed E-state index contributed by atoms with van der Waals surface area (Å²) < 4.78 is 26.3. The van der Waals surface area contributed by atoms with Crippen LogP contribution in [0.4, 0.5) is 0 Å². The molecule has 0 unspecified atom stereocenters. The highest BCUT2D eigenvalue weighted by molar-refractivity contribution is 9.10. The Bertz CT molecular complexity index is 7600. The summed E-state index contributed by atoms with van der Waals surface area (Å²) in [7, 11) is -0.710. The van der Waals surface area contributed by atoms with Gasteiger partial charge in [-0.05, 0) is 337 Å². The van der Waals surface area contributed by atoms with E-state index in [2.05, 4.69) is 508 Å². The standard InChI is InChI=1S/C69H50.C39H44B2O4.C21H15Br/c1-43-15-13-17-51(39-43)67-59-23-9-5-19-55(59)65(56-20-6-10-24-60(56)67)47-31-27-45(28-32-47)49-35-37-53-54-38-36-50(42-64(54)69(3,4)63(53)41-49)46-29-33-48(34-30-46)66-57-21-7-11-25-61(57)68(52-18-14-16-44(2)40-52)62-26-12-8-22-58(62)66;1-35(2)33-23-27(25-11-17-29(18-12-25)40-42-36(3,4)37(5,6)43-40)15-21-31(33)32-22-16-28(24-34(32)35)26-13-19-30(20-14-26)41-44-38(7,8)39(9,10)45-41;1-14-7-6-8-15(13-14)20-16-9-2-4-11-18(16)21(22)19-12-5-3-10-17(19)20/h5-42H,1-4H3;11-24H,1-10H3;2-13H,1H3. The van der Waals surface area contributed by atoms with E-state index in [-0.39, 0.29) is 47.5 Å². The van der Waals surface area contributed by atoms with Gasteiger partial charge in [-0.2, -0.15) is 0 Å². The molecule has 0 bridgehead atoms. The number of rotatable bonds is 11. The Morgan fingerprint density at radius 2 is 0.375 bits per heavy atom. The van der Waals surface area contributed by atoms with E-state index >= 15 is 0 Å². The van der Waals surface area contributed by atoms with Gasteiger partial charge in [-0.15, -0.1) is 0 Å². The Hall–Kier alpha value is -13.6. The van der Waals surface area contributed by atoms with Gasteiger partial charge in [0, 0.05) is 15.3 Å². The van der Waals surface area contributed by atoms with Crippen molar-refractivity contribution in [2.75, 3.05) is 0 Å². The largest absolute Gasteiger partial charge is 0.494 e. The number of hydrogen-bond acceptors (Lipinski definition) is 4. The van der Waals surface area contributed by atoms with Gasteiger partial charge in [-0.25, -0.2) is 0 Å². The molecule has 4 nitrogen and oxygen atoms in total. The second kappa shape index (κ2) is 33.7. The highest BCUT2D eigenvalue weighted by Crippen LogP contribution is 2.55. The second-order valence-corrected chi connectivity index (χ2v) is 41.7. The molecule has 0 N–H and O–H groups in total. The average molecular weight is 1820 g/mol. The summed E-state index contributed by atoms with van der Waals surface area (Å²) in [6.07, 6.45) is 0. The van der Waals surface area contributed by atoms with E-state index < -0.39 is 0 Å². The summed E-state index contributed by atoms with van der Waals surface area (Å²) in [6.45, 7) is 32.7. The summed E-state index contributed by atoms with van der Waals surface area (Å²) in [5.41, 5.74) is 37.5. The summed E-state index contributed by atoms with van der Waals surface area (Å²) in [5, 5.41) is 15.3. The van der Waals surface area contributed by atoms with E-state index in [0.29, 0.717) is 0 Å². The Balaban J connectivity index is 0.000000136. The van der Waals surface area contributed by atoms with Crippen LogP contribution in [0.3, 0.4) is 0 Å². The fraction of sp³-hybridized carbons (Fsp3) is 0.163. The number of fused-ring (bicyclic) bond motifs is 12. The third-order valence-electron chi connectivity index (χ3n) is 30.6. The first-order valence-corrected chi connectivity index (χ1v) is 48.7. The predicted molar refractivity (Wildman–Crippen MR) is 582 cm³/mol. The quantitative estimate of drug-likeness (QED) is 0.0955. The molecule has 7 heteroatoms. The van der Waals surface area contributed by atoms with Crippen LogP contribution >= 0.6 is 15.9 Å². The molecule has 662 valence electrons. The van der Waals surface area contributed by atoms with Crippen LogP contribution < -0.4 is 10.9 Å². The van der Waals surface area contributed by atoms with Gasteiger partial charge in [0.15, 0.2) is 0 Å². The first kappa shape index (κ1) is 87.7. The lowest BCUT2D eigenvalue weighted by atomic mass is 9.78. The Morgan fingerprint density at radius 3 is 0.603 bits per heavy atom. The fourth-order valence-corrected chi connectivity index (χ4v) is 22.5. The van der Waals surface area contributed by atoms with Crippen molar-refractivity contribution >= 4 is 106 Å². The number of benzene rings is 20. The zero-order valence-corrected chi connectivity index (χ0v) is 81.7. The van der Waals surface area contributed by atoms with E-state index in [4.69, 9.17) is 18.6 Å². The maximum atomic E-state index is 6.27. The maximum Gasteiger partial charge on any atom is 0.494 e. The van der Waals surface area contributed by atoms with E-state index in [9.17, 15) is 0 Å². The van der Waals surface area contributed by atoms with Crippen LogP contribution in [0.25, 0.3) is 187 Å². The van der Waals surface area contributed by atoms with Crippen LogP contribution in [-0.4, -0.2) is 36.6 Å². The number of halogens is 1. The SMILES string of the molecule is CC1(C)c2cc(-c3ccc(B4OC(C)(C)C(C)(C)O4)cc3)ccc2-c2ccc(-c3ccc(B4OC(C)(C)C(C)(C)O4)cc3)cc21.Cc1cccc(-c2c3ccccc3c(-c3ccc(-c4ccc5c(c4)C(C)(C)c4cc(-c6ccc(-c7c8ccccc8c(-c8cccc(C)c8)c8ccccc78)cc6)ccc4-5)cc3)c3ccccc23)c1.Cc1cccc(-c2c3ccccc3c(Br)c3ccccc23)c1. The summed E-state index contributed by atoms with van der Waals surface area (Å²) in [4.78, 5) is 0. The van der Waals surface area contributed by atoms with E-state index in [1.807, 2.05) is 0 Å². The minimum Gasteiger partial charge on any atom is -0.399 e. The molecule has 24 rings (SSSR count). The van der Waals surface area contributed by atoms with Gasteiger partial charge in [0.25, 0.3) is 0 Å². The zero-order chi connectivity index (χ0) is 93.6. The molecule has 20 aromatic carbocycles. The lowest BCUT2D eigenvalue weighted by Crippen LogP contribution is -2.41. The molecule has 0 spiro atoms. The lowest BCUT2D eigenvalue weighted by Gasteiger charge is -2.32. The van der Waals surface area contributed by atoms with Gasteiger partial charge in [-0.1, -0.05) is 408 Å². The van der Waals surface area contributed by atoms with Crippen LogP contribution in [-0.2, 0) is 29.4 Å². The van der Waals surface area contributed by atoms with Gasteiger partial charge in [0.05, 0.1) is 22.4 Å². The van der Waals surface area contributed by atoms with Gasteiger partial charge in [0.2, 0.25) is 0 Å². The molecule has 0 atom stereocenters. The molecule has 136 heavy (non-hydrogen) atoms. The predicted octanol–water partition coefficient (Wildman–Crippen LogP) is 33.9. The molecule has 0 radical (unpaired) electrons. The lowest BCUT2D eigenvalue weighted by molar-refractivity contribution is 0.00578. The van der Waals surface area contributed by atoms with Crippen LogP contribution in [0.1, 0.15) is 122 Å². The molecule has 2 heterocycles. The smallest absolute Gasteiger partial charge is 0.399 e. The van der Waals surface area contributed by atoms with Crippen molar-refractivity contribution < 1.29 is 18.6 Å². The monoisotopic (exact) mass is 1820 g/mol. The number of hydrogen-bond donors (Lipinski definition) is 0. The van der Waals surface area contributed by atoms with Crippen molar-refractivity contribution in [2.24, 2.45) is 0 Å². The molecular weight excluding hydrogens is 1710 g/mol. The molecule has 0 amide bonds. The summed E-state index contributed by atoms with van der Waals surface area (Å²) in [6, 6.07) is 143. The molecule has 0 saturated carbocycles. The second-order valence-electron chi connectivity index (χ2n) is 40.9. The van der Waals surface area contributed by atoms with Crippen molar-refractivity contribution in [3.63, 3.8) is 0 Å². The molecular formula is C129H109B2BrO4. The summed E-state index contributed by atoms with van der Waals surface area (Å²) >= 11 is 3.80. The molecule has 2 aliphatic heterocycles. The van der Waals surface area contributed by atoms with Crippen LogP contribution in [0.5, 0.6) is 0 Å². The third-order valence-corrected chi connectivity index (χ3v) is 31.4. The summed E-state index contributed by atoms with van der Waals surface area (Å²) in [5.74, 6) is 0. The minimum atomic E-state index is -0.355. The molecule has 0 aromatic heterocycles.